The molecular formula is C17H22BrN3O3S. The van der Waals surface area contributed by atoms with Crippen molar-refractivity contribution in [1.82, 2.24) is 13.5 Å². The van der Waals surface area contributed by atoms with Crippen molar-refractivity contribution < 1.29 is 13.2 Å². The molecule has 1 aromatic rings. The largest absolute Gasteiger partial charge is 0.337 e. The fourth-order valence-corrected chi connectivity index (χ4v) is 5.00. The van der Waals surface area contributed by atoms with E-state index < -0.39 is 10.2 Å². The van der Waals surface area contributed by atoms with Gasteiger partial charge < -0.3 is 4.90 Å². The second kappa shape index (κ2) is 7.99. The zero-order valence-corrected chi connectivity index (χ0v) is 16.4. The summed E-state index contributed by atoms with van der Waals surface area (Å²) < 4.78 is 29.1. The molecule has 0 spiro atoms. The van der Waals surface area contributed by atoms with Gasteiger partial charge >= 0.3 is 0 Å². The number of piperazine rings is 1. The maximum Gasteiger partial charge on any atom is 0.282 e. The van der Waals surface area contributed by atoms with E-state index in [4.69, 9.17) is 0 Å². The highest BCUT2D eigenvalue weighted by Gasteiger charge is 2.34. The van der Waals surface area contributed by atoms with Crippen LogP contribution in [0.15, 0.2) is 34.8 Å². The smallest absolute Gasteiger partial charge is 0.282 e. The van der Waals surface area contributed by atoms with Crippen molar-refractivity contribution in [3.63, 3.8) is 0 Å². The van der Waals surface area contributed by atoms with Gasteiger partial charge in [-0.1, -0.05) is 28.1 Å². The highest BCUT2D eigenvalue weighted by atomic mass is 79.9. The van der Waals surface area contributed by atoms with Gasteiger partial charge in [0.25, 0.3) is 10.2 Å². The van der Waals surface area contributed by atoms with E-state index in [1.54, 1.807) is 21.4 Å². The number of nitrogens with zero attached hydrogens (tertiary/aromatic N) is 3. The summed E-state index contributed by atoms with van der Waals surface area (Å²) in [5.74, 6) is -0.0823. The van der Waals surface area contributed by atoms with Gasteiger partial charge in [-0.2, -0.15) is 17.0 Å². The van der Waals surface area contributed by atoms with Gasteiger partial charge in [0.1, 0.15) is 0 Å². The summed E-state index contributed by atoms with van der Waals surface area (Å²) in [5, 5.41) is 0. The van der Waals surface area contributed by atoms with Crippen LogP contribution in [0, 0.1) is 0 Å². The monoisotopic (exact) mass is 427 g/mol. The molecule has 2 aliphatic heterocycles. The zero-order valence-electron chi connectivity index (χ0n) is 14.0. The van der Waals surface area contributed by atoms with E-state index in [9.17, 15) is 13.2 Å². The van der Waals surface area contributed by atoms with Crippen molar-refractivity contribution in [1.29, 1.82) is 0 Å². The summed E-state index contributed by atoms with van der Waals surface area (Å²) in [4.78, 5) is 14.0. The number of hydrogen-bond donors (Lipinski definition) is 0. The van der Waals surface area contributed by atoms with Crippen LogP contribution in [-0.4, -0.2) is 67.1 Å². The summed E-state index contributed by atoms with van der Waals surface area (Å²) in [6, 6.07) is 7.70. The molecule has 2 fully saturated rings. The van der Waals surface area contributed by atoms with Gasteiger partial charge in [-0.25, -0.2) is 0 Å². The van der Waals surface area contributed by atoms with Crippen LogP contribution in [0.2, 0.25) is 0 Å². The summed E-state index contributed by atoms with van der Waals surface area (Å²) >= 11 is 3.38. The lowest BCUT2D eigenvalue weighted by Crippen LogP contribution is -2.53. The van der Waals surface area contributed by atoms with Crippen LogP contribution in [0.4, 0.5) is 0 Å². The van der Waals surface area contributed by atoms with Crippen LogP contribution < -0.4 is 0 Å². The SMILES string of the molecule is O=C(/C=C/c1ccc(Br)cc1)N1CCN(S(=O)(=O)N2CCCC2)CC1. The van der Waals surface area contributed by atoms with E-state index in [2.05, 4.69) is 15.9 Å². The van der Waals surface area contributed by atoms with Crippen LogP contribution in [0.5, 0.6) is 0 Å². The Kier molecular flexibility index (Phi) is 5.93. The van der Waals surface area contributed by atoms with Gasteiger partial charge in [-0.3, -0.25) is 4.79 Å². The molecule has 2 heterocycles. The molecule has 0 aliphatic carbocycles. The van der Waals surface area contributed by atoms with Crippen LogP contribution in [0.1, 0.15) is 18.4 Å². The highest BCUT2D eigenvalue weighted by molar-refractivity contribution is 9.10. The van der Waals surface area contributed by atoms with Gasteiger partial charge in [0.15, 0.2) is 0 Å². The average Bonchev–Trinajstić information content (AvgIpc) is 3.16. The van der Waals surface area contributed by atoms with Crippen molar-refractivity contribution in [3.8, 4) is 0 Å². The van der Waals surface area contributed by atoms with Crippen LogP contribution in [0.3, 0.4) is 0 Å². The quantitative estimate of drug-likeness (QED) is 0.689. The number of carbonyl (C=O) groups excluding carboxylic acids is 1. The fourth-order valence-electron chi connectivity index (χ4n) is 3.07. The molecule has 25 heavy (non-hydrogen) atoms. The summed E-state index contributed by atoms with van der Waals surface area (Å²) in [6.45, 7) is 2.79. The second-order valence-corrected chi connectivity index (χ2v) is 9.07. The topological polar surface area (TPSA) is 60.9 Å². The molecule has 136 valence electrons. The summed E-state index contributed by atoms with van der Waals surface area (Å²) in [5.41, 5.74) is 0.951. The molecule has 0 atom stereocenters. The Morgan fingerprint density at radius 1 is 0.920 bits per heavy atom. The predicted molar refractivity (Wildman–Crippen MR) is 101 cm³/mol. The van der Waals surface area contributed by atoms with Crippen molar-refractivity contribution >= 4 is 38.1 Å². The molecular weight excluding hydrogens is 406 g/mol. The van der Waals surface area contributed by atoms with E-state index in [-0.39, 0.29) is 5.91 Å². The number of benzene rings is 1. The van der Waals surface area contributed by atoms with E-state index in [0.29, 0.717) is 39.3 Å². The molecule has 6 nitrogen and oxygen atoms in total. The first kappa shape index (κ1) is 18.6. The Morgan fingerprint density at radius 2 is 1.48 bits per heavy atom. The maximum absolute atomic E-state index is 12.5. The number of halogens is 1. The van der Waals surface area contributed by atoms with Gasteiger partial charge in [0.05, 0.1) is 0 Å². The number of rotatable bonds is 4. The summed E-state index contributed by atoms with van der Waals surface area (Å²) in [6.07, 6.45) is 5.19. The Bertz CT molecular complexity index is 735. The molecule has 0 bridgehead atoms. The Morgan fingerprint density at radius 3 is 2.08 bits per heavy atom. The van der Waals surface area contributed by atoms with Gasteiger partial charge in [-0.05, 0) is 36.6 Å². The van der Waals surface area contributed by atoms with Crippen LogP contribution in [0.25, 0.3) is 6.08 Å². The standard InChI is InChI=1S/C17H22BrN3O3S/c18-16-6-3-15(4-7-16)5-8-17(22)19-11-13-21(14-12-19)25(23,24)20-9-1-2-10-20/h3-8H,1-2,9-14H2/b8-5+. The van der Waals surface area contributed by atoms with Gasteiger partial charge in [0, 0.05) is 49.8 Å². The normalized spacial score (nSPS) is 20.4. The zero-order chi connectivity index (χ0) is 17.9. The Balaban J connectivity index is 1.54. The first-order chi connectivity index (χ1) is 12.0. The summed E-state index contributed by atoms with van der Waals surface area (Å²) in [7, 11) is -3.36. The molecule has 0 N–H and O–H groups in total. The molecule has 2 aliphatic rings. The minimum Gasteiger partial charge on any atom is -0.337 e. The first-order valence-electron chi connectivity index (χ1n) is 8.44. The fraction of sp³-hybridized carbons (Fsp3) is 0.471. The minimum absolute atomic E-state index is 0.0823. The number of carbonyl (C=O) groups is 1. The van der Waals surface area contributed by atoms with Gasteiger partial charge in [-0.15, -0.1) is 0 Å². The molecule has 8 heteroatoms. The minimum atomic E-state index is -3.36. The maximum atomic E-state index is 12.5. The third kappa shape index (κ3) is 4.49. The lowest BCUT2D eigenvalue weighted by Gasteiger charge is -2.35. The van der Waals surface area contributed by atoms with E-state index in [0.717, 1.165) is 22.9 Å². The van der Waals surface area contributed by atoms with Crippen molar-refractivity contribution in [3.05, 3.63) is 40.4 Å². The third-order valence-electron chi connectivity index (χ3n) is 4.56. The van der Waals surface area contributed by atoms with Crippen molar-refractivity contribution in [2.45, 2.75) is 12.8 Å². The predicted octanol–water partition coefficient (Wildman–Crippen LogP) is 1.95. The Labute approximate surface area is 157 Å². The lowest BCUT2D eigenvalue weighted by molar-refractivity contribution is -0.127. The van der Waals surface area contributed by atoms with Crippen molar-refractivity contribution in [2.24, 2.45) is 0 Å². The number of hydrogen-bond acceptors (Lipinski definition) is 3. The first-order valence-corrected chi connectivity index (χ1v) is 10.6. The number of amides is 1. The van der Waals surface area contributed by atoms with Gasteiger partial charge in [0.2, 0.25) is 5.91 Å². The molecule has 0 unspecified atom stereocenters. The second-order valence-electron chi connectivity index (χ2n) is 6.22. The average molecular weight is 428 g/mol. The molecule has 1 aromatic carbocycles. The van der Waals surface area contributed by atoms with Crippen molar-refractivity contribution in [2.75, 3.05) is 39.3 Å². The molecule has 3 rings (SSSR count). The molecule has 0 aromatic heterocycles. The molecule has 2 saturated heterocycles. The lowest BCUT2D eigenvalue weighted by atomic mass is 10.2. The Hall–Kier alpha value is -1.22. The van der Waals surface area contributed by atoms with Crippen LogP contribution in [-0.2, 0) is 15.0 Å². The highest BCUT2D eigenvalue weighted by Crippen LogP contribution is 2.18. The van der Waals surface area contributed by atoms with E-state index in [1.807, 2.05) is 24.3 Å². The molecule has 0 radical (unpaired) electrons. The van der Waals surface area contributed by atoms with E-state index in [1.165, 1.54) is 4.31 Å². The van der Waals surface area contributed by atoms with Crippen LogP contribution >= 0.6 is 15.9 Å². The van der Waals surface area contributed by atoms with E-state index >= 15 is 0 Å². The molecule has 1 amide bonds. The molecule has 0 saturated carbocycles. The third-order valence-corrected chi connectivity index (χ3v) is 7.12.